The topological polar surface area (TPSA) is 83.7 Å². The molecule has 0 radical (unpaired) electrons. The van der Waals surface area contributed by atoms with Crippen LogP contribution >= 0.6 is 23.2 Å². The molecule has 1 aromatic carbocycles. The number of aromatic nitrogens is 3. The molecular weight excluding hydrogens is 445 g/mol. The lowest BCUT2D eigenvalue weighted by molar-refractivity contribution is 0.106. The third-order valence-corrected chi connectivity index (χ3v) is 7.10. The average Bonchev–Trinajstić information content (AvgIpc) is 3.34. The van der Waals surface area contributed by atoms with Crippen LogP contribution in [-0.4, -0.2) is 26.0 Å². The van der Waals surface area contributed by atoms with Crippen molar-refractivity contribution in [3.05, 3.63) is 46.1 Å². The summed E-state index contributed by atoms with van der Waals surface area (Å²) in [5.74, 6) is 0.275. The first-order valence-electron chi connectivity index (χ1n) is 10.9. The molecule has 1 fully saturated rings. The van der Waals surface area contributed by atoms with Crippen LogP contribution in [0.4, 0.5) is 11.6 Å². The maximum Gasteiger partial charge on any atom is 0.209 e. The van der Waals surface area contributed by atoms with E-state index in [0.29, 0.717) is 38.4 Å². The number of halogens is 2. The van der Waals surface area contributed by atoms with Crippen LogP contribution in [0.15, 0.2) is 30.5 Å². The first-order valence-corrected chi connectivity index (χ1v) is 11.7. The summed E-state index contributed by atoms with van der Waals surface area (Å²) in [4.78, 5) is 22.0. The van der Waals surface area contributed by atoms with Gasteiger partial charge in [0.05, 0.1) is 21.4 Å². The van der Waals surface area contributed by atoms with Crippen molar-refractivity contribution in [2.24, 2.45) is 18.4 Å². The van der Waals surface area contributed by atoms with Crippen molar-refractivity contribution in [2.75, 3.05) is 5.32 Å². The number of nitrogens with one attached hydrogen (secondary N) is 2. The molecule has 0 spiro atoms. The highest BCUT2D eigenvalue weighted by Crippen LogP contribution is 2.56. The normalized spacial score (nSPS) is 19.8. The van der Waals surface area contributed by atoms with E-state index < -0.39 is 0 Å². The first kappa shape index (κ1) is 22.7. The maximum atomic E-state index is 13.0. The van der Waals surface area contributed by atoms with E-state index in [-0.39, 0.29) is 22.8 Å². The molecule has 0 amide bonds. The maximum absolute atomic E-state index is 13.0. The zero-order valence-corrected chi connectivity index (χ0v) is 20.0. The van der Waals surface area contributed by atoms with Gasteiger partial charge in [0.2, 0.25) is 11.7 Å². The van der Waals surface area contributed by atoms with E-state index in [1.165, 1.54) is 19.0 Å². The van der Waals surface area contributed by atoms with Gasteiger partial charge in [-0.15, -0.1) is 0 Å². The molecule has 0 saturated heterocycles. The highest BCUT2D eigenvalue weighted by Gasteiger charge is 2.53. The van der Waals surface area contributed by atoms with Gasteiger partial charge >= 0.3 is 0 Å². The molecule has 6 nitrogen and oxygen atoms in total. The standard InChI is InChI=1S/C24H27Cl2N5O/c1-4-5-6-10-24(2)12-15(24)19(27)21(32)14-11-18-22(28-13-14)31(3)23(29-18)30-20-16(25)8-7-9-17(20)26/h7-9,11,13,15,27H,4-6,10,12H2,1-3H3,(H,29,30). The fourth-order valence-electron chi connectivity index (χ4n) is 4.27. The van der Waals surface area contributed by atoms with Gasteiger partial charge in [-0.3, -0.25) is 9.36 Å². The number of pyridine rings is 1. The Morgan fingerprint density at radius 3 is 2.72 bits per heavy atom. The van der Waals surface area contributed by atoms with Crippen LogP contribution in [-0.2, 0) is 7.05 Å². The van der Waals surface area contributed by atoms with Gasteiger partial charge in [-0.1, -0.05) is 62.4 Å². The number of unbranched alkanes of at least 4 members (excludes halogenated alkanes) is 2. The fourth-order valence-corrected chi connectivity index (χ4v) is 4.76. The minimum atomic E-state index is -0.266. The minimum absolute atomic E-state index is 0.0332. The number of Topliss-reactive ketones (excluding diaryl/α,β-unsaturated/α-hetero) is 1. The molecule has 1 saturated carbocycles. The molecule has 2 aromatic heterocycles. The summed E-state index contributed by atoms with van der Waals surface area (Å²) < 4.78 is 1.78. The molecule has 2 atom stereocenters. The zero-order chi connectivity index (χ0) is 23.0. The fraction of sp³-hybridized carbons (Fsp3) is 0.417. The summed E-state index contributed by atoms with van der Waals surface area (Å²) in [6.07, 6.45) is 7.03. The van der Waals surface area contributed by atoms with Crippen LogP contribution in [0, 0.1) is 16.7 Å². The van der Waals surface area contributed by atoms with Gasteiger partial charge in [-0.25, -0.2) is 9.97 Å². The molecule has 2 N–H and O–H groups in total. The second-order valence-corrected chi connectivity index (χ2v) is 9.71. The molecule has 168 valence electrons. The average molecular weight is 472 g/mol. The Balaban J connectivity index is 1.54. The van der Waals surface area contributed by atoms with Gasteiger partial charge in [0.1, 0.15) is 5.52 Å². The van der Waals surface area contributed by atoms with E-state index in [2.05, 4.69) is 29.1 Å². The number of para-hydroxylation sites is 1. The van der Waals surface area contributed by atoms with E-state index >= 15 is 0 Å². The summed E-state index contributed by atoms with van der Waals surface area (Å²) in [5, 5.41) is 12.6. The van der Waals surface area contributed by atoms with Crippen LogP contribution in [0.5, 0.6) is 0 Å². The minimum Gasteiger partial charge on any atom is -0.323 e. The molecule has 4 rings (SSSR count). The Hall–Kier alpha value is -2.44. The number of imidazole rings is 1. The van der Waals surface area contributed by atoms with E-state index in [1.54, 1.807) is 28.8 Å². The SMILES string of the molecule is CCCCCC1(C)CC1C(=N)C(=O)c1cnc2c(c1)nc(Nc1c(Cl)cccc1Cl)n2C. The summed E-state index contributed by atoms with van der Waals surface area (Å²) >= 11 is 12.5. The Morgan fingerprint density at radius 1 is 1.31 bits per heavy atom. The molecule has 8 heteroatoms. The number of hydrogen-bond acceptors (Lipinski definition) is 5. The van der Waals surface area contributed by atoms with Crippen molar-refractivity contribution in [1.82, 2.24) is 14.5 Å². The van der Waals surface area contributed by atoms with Crippen LogP contribution < -0.4 is 5.32 Å². The van der Waals surface area contributed by atoms with Crippen molar-refractivity contribution in [3.8, 4) is 0 Å². The van der Waals surface area contributed by atoms with Gasteiger partial charge in [0.15, 0.2) is 5.65 Å². The Labute approximate surface area is 197 Å². The van der Waals surface area contributed by atoms with Crippen LogP contribution in [0.25, 0.3) is 11.2 Å². The van der Waals surface area contributed by atoms with Crippen LogP contribution in [0.2, 0.25) is 10.0 Å². The molecule has 2 heterocycles. The predicted octanol–water partition coefficient (Wildman–Crippen LogP) is 6.83. The molecular formula is C24H27Cl2N5O. The van der Waals surface area contributed by atoms with Crippen molar-refractivity contribution >= 4 is 57.5 Å². The number of carbonyl (C=O) groups excluding carboxylic acids is 1. The summed E-state index contributed by atoms with van der Waals surface area (Å²) in [6.45, 7) is 4.37. The van der Waals surface area contributed by atoms with E-state index in [0.717, 1.165) is 19.3 Å². The highest BCUT2D eigenvalue weighted by atomic mass is 35.5. The first-order chi connectivity index (χ1) is 15.2. The third-order valence-electron chi connectivity index (χ3n) is 6.47. The molecule has 1 aliphatic carbocycles. The second-order valence-electron chi connectivity index (χ2n) is 8.89. The van der Waals surface area contributed by atoms with Crippen molar-refractivity contribution < 1.29 is 4.79 Å². The van der Waals surface area contributed by atoms with Crippen molar-refractivity contribution in [2.45, 2.75) is 46.0 Å². The molecule has 0 bridgehead atoms. The van der Waals surface area contributed by atoms with Crippen molar-refractivity contribution in [3.63, 3.8) is 0 Å². The second kappa shape index (κ2) is 8.83. The van der Waals surface area contributed by atoms with Gasteiger partial charge < -0.3 is 10.7 Å². The van der Waals surface area contributed by atoms with Gasteiger partial charge in [0.25, 0.3) is 0 Å². The molecule has 3 aromatic rings. The monoisotopic (exact) mass is 471 g/mol. The Bertz CT molecular complexity index is 1180. The quantitative estimate of drug-likeness (QED) is 0.203. The number of rotatable bonds is 9. The highest BCUT2D eigenvalue weighted by molar-refractivity contribution is 6.46. The largest absolute Gasteiger partial charge is 0.323 e. The Kier molecular flexibility index (Phi) is 6.28. The smallest absolute Gasteiger partial charge is 0.209 e. The zero-order valence-electron chi connectivity index (χ0n) is 18.5. The van der Waals surface area contributed by atoms with E-state index in [1.807, 2.05) is 7.05 Å². The van der Waals surface area contributed by atoms with Gasteiger partial charge in [0, 0.05) is 24.7 Å². The molecule has 32 heavy (non-hydrogen) atoms. The predicted molar refractivity (Wildman–Crippen MR) is 131 cm³/mol. The number of aryl methyl sites for hydroxylation is 1. The Morgan fingerprint density at radius 2 is 2.03 bits per heavy atom. The summed E-state index contributed by atoms with van der Waals surface area (Å²) in [6, 6.07) is 6.96. The summed E-state index contributed by atoms with van der Waals surface area (Å²) in [5.41, 5.74) is 2.40. The molecule has 0 aliphatic heterocycles. The number of ketones is 1. The lowest BCUT2D eigenvalue weighted by Crippen LogP contribution is -2.19. The van der Waals surface area contributed by atoms with Gasteiger partial charge in [-0.05, 0) is 36.5 Å². The van der Waals surface area contributed by atoms with Crippen molar-refractivity contribution in [1.29, 1.82) is 5.41 Å². The van der Waals surface area contributed by atoms with E-state index in [9.17, 15) is 4.79 Å². The summed E-state index contributed by atoms with van der Waals surface area (Å²) in [7, 11) is 1.82. The number of fused-ring (bicyclic) bond motifs is 1. The molecule has 2 unspecified atom stereocenters. The third kappa shape index (κ3) is 4.26. The van der Waals surface area contributed by atoms with Gasteiger partial charge in [-0.2, -0.15) is 0 Å². The van der Waals surface area contributed by atoms with Crippen LogP contribution in [0.3, 0.4) is 0 Å². The lowest BCUT2D eigenvalue weighted by atomic mass is 9.94. The molecule has 1 aliphatic rings. The number of hydrogen-bond donors (Lipinski definition) is 2. The van der Waals surface area contributed by atoms with Crippen LogP contribution in [0.1, 0.15) is 56.3 Å². The number of benzene rings is 1. The lowest BCUT2D eigenvalue weighted by Gasteiger charge is -2.11. The number of anilines is 2. The van der Waals surface area contributed by atoms with E-state index in [4.69, 9.17) is 28.6 Å². The number of nitrogens with zero attached hydrogens (tertiary/aromatic N) is 3. The number of carbonyl (C=O) groups is 1.